The second-order valence-electron chi connectivity index (χ2n) is 3.46. The predicted molar refractivity (Wildman–Crippen MR) is 66.8 cm³/mol. The highest BCUT2D eigenvalue weighted by Crippen LogP contribution is 2.29. The van der Waals surface area contributed by atoms with Crippen molar-refractivity contribution in [1.29, 1.82) is 0 Å². The topological polar surface area (TPSA) is 38.7 Å². The molecule has 16 heavy (non-hydrogen) atoms. The molecular weight excluding hydrogens is 272 g/mol. The Bertz CT molecular complexity index is 328. The van der Waals surface area contributed by atoms with Crippen molar-refractivity contribution in [2.75, 3.05) is 20.3 Å². The largest absolute Gasteiger partial charge is 0.490 e. The van der Waals surface area contributed by atoms with Crippen LogP contribution in [0.25, 0.3) is 0 Å². The lowest BCUT2D eigenvalue weighted by molar-refractivity contribution is 0.145. The summed E-state index contributed by atoms with van der Waals surface area (Å²) in [5.41, 5.74) is 0.897. The number of rotatable bonds is 6. The van der Waals surface area contributed by atoms with E-state index >= 15 is 0 Å². The zero-order chi connectivity index (χ0) is 12.0. The quantitative estimate of drug-likeness (QED) is 0.818. The molecule has 1 unspecified atom stereocenters. The summed E-state index contributed by atoms with van der Waals surface area (Å²) in [6.45, 7) is 3.03. The lowest BCUT2D eigenvalue weighted by Gasteiger charge is -2.12. The van der Waals surface area contributed by atoms with Gasteiger partial charge in [0.05, 0.1) is 17.2 Å². The van der Waals surface area contributed by atoms with Crippen molar-refractivity contribution >= 4 is 15.9 Å². The number of ether oxygens (including phenoxy) is 2. The molecule has 1 aromatic carbocycles. The summed E-state index contributed by atoms with van der Waals surface area (Å²) in [7, 11) is 1.64. The van der Waals surface area contributed by atoms with Gasteiger partial charge in [-0.1, -0.05) is 13.0 Å². The van der Waals surface area contributed by atoms with Gasteiger partial charge in [-0.05, 0) is 40.0 Å². The third kappa shape index (κ3) is 3.77. The molecule has 4 heteroatoms. The Balaban J connectivity index is 2.67. The zero-order valence-electron chi connectivity index (χ0n) is 9.57. The molecule has 0 aliphatic rings. The monoisotopic (exact) mass is 288 g/mol. The van der Waals surface area contributed by atoms with Crippen LogP contribution in [0.15, 0.2) is 22.7 Å². The summed E-state index contributed by atoms with van der Waals surface area (Å²) in [5, 5.41) is 9.68. The van der Waals surface area contributed by atoms with E-state index in [1.54, 1.807) is 7.11 Å². The van der Waals surface area contributed by atoms with E-state index in [2.05, 4.69) is 15.9 Å². The smallest absolute Gasteiger partial charge is 0.133 e. The van der Waals surface area contributed by atoms with E-state index in [-0.39, 0.29) is 0 Å². The number of methoxy groups -OCH3 is 1. The van der Waals surface area contributed by atoms with E-state index in [4.69, 9.17) is 9.47 Å². The minimum Gasteiger partial charge on any atom is -0.490 e. The number of hydrogen-bond acceptors (Lipinski definition) is 3. The Labute approximate surface area is 105 Å². The molecule has 1 atom stereocenters. The first-order valence-electron chi connectivity index (χ1n) is 5.28. The van der Waals surface area contributed by atoms with E-state index in [1.807, 2.05) is 25.1 Å². The molecule has 90 valence electrons. The van der Waals surface area contributed by atoms with Crippen LogP contribution in [0, 0.1) is 0 Å². The van der Waals surface area contributed by atoms with Crippen LogP contribution in [0.1, 0.15) is 25.0 Å². The molecule has 0 saturated carbocycles. The SMILES string of the molecule is CCC(O)c1ccc(OCCOC)c(Br)c1. The molecule has 0 fully saturated rings. The van der Waals surface area contributed by atoms with Gasteiger partial charge in [-0.25, -0.2) is 0 Å². The molecule has 0 bridgehead atoms. The van der Waals surface area contributed by atoms with Gasteiger partial charge in [0.2, 0.25) is 0 Å². The highest BCUT2D eigenvalue weighted by Gasteiger charge is 2.08. The maximum atomic E-state index is 9.68. The first kappa shape index (κ1) is 13.5. The van der Waals surface area contributed by atoms with Crippen molar-refractivity contribution in [2.45, 2.75) is 19.4 Å². The van der Waals surface area contributed by atoms with Gasteiger partial charge in [0.25, 0.3) is 0 Å². The summed E-state index contributed by atoms with van der Waals surface area (Å²) in [6, 6.07) is 5.62. The van der Waals surface area contributed by atoms with E-state index in [0.717, 1.165) is 15.8 Å². The van der Waals surface area contributed by atoms with E-state index in [0.29, 0.717) is 19.6 Å². The number of benzene rings is 1. The van der Waals surface area contributed by atoms with Crippen molar-refractivity contribution in [3.05, 3.63) is 28.2 Å². The van der Waals surface area contributed by atoms with Crippen molar-refractivity contribution in [2.24, 2.45) is 0 Å². The number of aliphatic hydroxyl groups is 1. The third-order valence-electron chi connectivity index (χ3n) is 2.27. The second kappa shape index (κ2) is 6.89. The zero-order valence-corrected chi connectivity index (χ0v) is 11.2. The Morgan fingerprint density at radius 2 is 2.12 bits per heavy atom. The van der Waals surface area contributed by atoms with Gasteiger partial charge < -0.3 is 14.6 Å². The molecule has 0 amide bonds. The van der Waals surface area contributed by atoms with Crippen molar-refractivity contribution < 1.29 is 14.6 Å². The molecule has 0 aromatic heterocycles. The Kier molecular flexibility index (Phi) is 5.80. The fourth-order valence-corrected chi connectivity index (χ4v) is 1.82. The standard InChI is InChI=1S/C12H17BrO3/c1-3-11(14)9-4-5-12(10(13)8-9)16-7-6-15-2/h4-5,8,11,14H,3,6-7H2,1-2H3. The van der Waals surface area contributed by atoms with Crippen LogP contribution in [0.4, 0.5) is 0 Å². The van der Waals surface area contributed by atoms with Gasteiger partial charge in [-0.15, -0.1) is 0 Å². The van der Waals surface area contributed by atoms with Crippen LogP contribution < -0.4 is 4.74 Å². The van der Waals surface area contributed by atoms with E-state index < -0.39 is 6.10 Å². The summed E-state index contributed by atoms with van der Waals surface area (Å²) >= 11 is 3.42. The van der Waals surface area contributed by atoms with Gasteiger partial charge in [-0.2, -0.15) is 0 Å². The molecule has 0 aliphatic carbocycles. The third-order valence-corrected chi connectivity index (χ3v) is 2.89. The van der Waals surface area contributed by atoms with Crippen molar-refractivity contribution in [3.63, 3.8) is 0 Å². The van der Waals surface area contributed by atoms with E-state index in [9.17, 15) is 5.11 Å². The summed E-state index contributed by atoms with van der Waals surface area (Å²) < 4.78 is 11.2. The van der Waals surface area contributed by atoms with Crippen LogP contribution in [-0.2, 0) is 4.74 Å². The van der Waals surface area contributed by atoms with Gasteiger partial charge >= 0.3 is 0 Å². The average Bonchev–Trinajstić information content (AvgIpc) is 2.30. The van der Waals surface area contributed by atoms with Crippen LogP contribution in [-0.4, -0.2) is 25.4 Å². The molecule has 0 saturated heterocycles. The molecule has 1 N–H and O–H groups in total. The average molecular weight is 289 g/mol. The van der Waals surface area contributed by atoms with Crippen LogP contribution in [0.5, 0.6) is 5.75 Å². The Morgan fingerprint density at radius 3 is 2.69 bits per heavy atom. The van der Waals surface area contributed by atoms with Gasteiger partial charge in [0, 0.05) is 7.11 Å². The summed E-state index contributed by atoms with van der Waals surface area (Å²) in [4.78, 5) is 0. The number of aliphatic hydroxyl groups excluding tert-OH is 1. The lowest BCUT2D eigenvalue weighted by Crippen LogP contribution is -2.05. The van der Waals surface area contributed by atoms with Gasteiger partial charge in [0.15, 0.2) is 0 Å². The fourth-order valence-electron chi connectivity index (χ4n) is 1.31. The van der Waals surface area contributed by atoms with Gasteiger partial charge in [-0.3, -0.25) is 0 Å². The summed E-state index contributed by atoms with van der Waals surface area (Å²) in [5.74, 6) is 0.768. The minimum absolute atomic E-state index is 0.413. The minimum atomic E-state index is -0.413. The van der Waals surface area contributed by atoms with Crippen LogP contribution in [0.3, 0.4) is 0 Å². The molecule has 3 nitrogen and oxygen atoms in total. The predicted octanol–water partition coefficient (Wildman–Crippen LogP) is 2.92. The molecule has 0 heterocycles. The van der Waals surface area contributed by atoms with Crippen molar-refractivity contribution in [1.82, 2.24) is 0 Å². The Hall–Kier alpha value is -0.580. The maximum absolute atomic E-state index is 9.68. The van der Waals surface area contributed by atoms with Crippen molar-refractivity contribution in [3.8, 4) is 5.75 Å². The van der Waals surface area contributed by atoms with Crippen LogP contribution in [0.2, 0.25) is 0 Å². The highest BCUT2D eigenvalue weighted by molar-refractivity contribution is 9.10. The highest BCUT2D eigenvalue weighted by atomic mass is 79.9. The van der Waals surface area contributed by atoms with Crippen LogP contribution >= 0.6 is 15.9 Å². The van der Waals surface area contributed by atoms with E-state index in [1.165, 1.54) is 0 Å². The van der Waals surface area contributed by atoms with Gasteiger partial charge in [0.1, 0.15) is 12.4 Å². The molecule has 1 rings (SSSR count). The first-order valence-corrected chi connectivity index (χ1v) is 6.07. The first-order chi connectivity index (χ1) is 7.69. The molecule has 0 aliphatic heterocycles. The lowest BCUT2D eigenvalue weighted by atomic mass is 10.1. The summed E-state index contributed by atoms with van der Waals surface area (Å²) in [6.07, 6.45) is 0.292. The number of halogens is 1. The Morgan fingerprint density at radius 1 is 1.38 bits per heavy atom. The molecular formula is C12H17BrO3. The molecule has 0 radical (unpaired) electrons. The fraction of sp³-hybridized carbons (Fsp3) is 0.500. The number of hydrogen-bond donors (Lipinski definition) is 1. The maximum Gasteiger partial charge on any atom is 0.133 e. The molecule has 1 aromatic rings. The molecule has 0 spiro atoms. The normalized spacial score (nSPS) is 12.5. The second-order valence-corrected chi connectivity index (χ2v) is 4.31.